The summed E-state index contributed by atoms with van der Waals surface area (Å²) in [5.41, 5.74) is 8.00. The zero-order valence-corrected chi connectivity index (χ0v) is 13.1. The number of rotatable bonds is 3. The summed E-state index contributed by atoms with van der Waals surface area (Å²) in [6.45, 7) is 5.25. The van der Waals surface area contributed by atoms with Gasteiger partial charge in [-0.2, -0.15) is 0 Å². The summed E-state index contributed by atoms with van der Waals surface area (Å²) in [7, 11) is 2.44. The van der Waals surface area contributed by atoms with Crippen LogP contribution in [0.2, 0.25) is 0 Å². The van der Waals surface area contributed by atoms with E-state index < -0.39 is 0 Å². The van der Waals surface area contributed by atoms with E-state index in [1.54, 1.807) is 0 Å². The molecule has 1 atom stereocenters. The zero-order valence-electron chi connectivity index (χ0n) is 12.4. The lowest BCUT2D eigenvalue weighted by molar-refractivity contribution is -0.898. The van der Waals surface area contributed by atoms with Crippen LogP contribution >= 0.6 is 0 Å². The van der Waals surface area contributed by atoms with Crippen molar-refractivity contribution >= 4 is 11.4 Å². The Morgan fingerprint density at radius 3 is 2.45 bits per heavy atom. The number of likely N-dealkylation sites (tertiary alicyclic amines) is 1. The van der Waals surface area contributed by atoms with Gasteiger partial charge in [0.2, 0.25) is 0 Å². The second kappa shape index (κ2) is 6.23. The van der Waals surface area contributed by atoms with E-state index in [1.165, 1.54) is 62.0 Å². The van der Waals surface area contributed by atoms with E-state index in [4.69, 9.17) is 5.73 Å². The van der Waals surface area contributed by atoms with Crippen LogP contribution < -0.4 is 23.0 Å². The largest absolute Gasteiger partial charge is 1.00 e. The maximum Gasteiger partial charge on any atom is 0.0991 e. The summed E-state index contributed by atoms with van der Waals surface area (Å²) in [5.74, 6) is 0. The van der Waals surface area contributed by atoms with Crippen molar-refractivity contribution in [1.82, 2.24) is 0 Å². The summed E-state index contributed by atoms with van der Waals surface area (Å²) >= 11 is 0. The van der Waals surface area contributed by atoms with E-state index in [0.717, 1.165) is 5.69 Å². The van der Waals surface area contributed by atoms with Crippen molar-refractivity contribution in [2.75, 3.05) is 43.9 Å². The minimum Gasteiger partial charge on any atom is -1.00 e. The molecule has 2 fully saturated rings. The van der Waals surface area contributed by atoms with Crippen LogP contribution in [0.15, 0.2) is 24.3 Å². The number of quaternary nitrogens is 1. The van der Waals surface area contributed by atoms with Crippen LogP contribution in [0.3, 0.4) is 0 Å². The van der Waals surface area contributed by atoms with Crippen molar-refractivity contribution in [3.8, 4) is 0 Å². The van der Waals surface area contributed by atoms with Gasteiger partial charge in [0.25, 0.3) is 0 Å². The van der Waals surface area contributed by atoms with Crippen LogP contribution in [-0.2, 0) is 0 Å². The second-order valence-electron chi connectivity index (χ2n) is 6.54. The molecule has 4 heteroatoms. The highest BCUT2D eigenvalue weighted by Crippen LogP contribution is 2.29. The molecule has 0 bridgehead atoms. The predicted molar refractivity (Wildman–Crippen MR) is 81.2 cm³/mol. The van der Waals surface area contributed by atoms with E-state index in [9.17, 15) is 0 Å². The first-order valence-corrected chi connectivity index (χ1v) is 7.62. The van der Waals surface area contributed by atoms with E-state index in [1.807, 2.05) is 12.1 Å². The van der Waals surface area contributed by atoms with Crippen molar-refractivity contribution in [1.29, 1.82) is 0 Å². The lowest BCUT2D eigenvalue weighted by Crippen LogP contribution is -3.00. The quantitative estimate of drug-likeness (QED) is 0.601. The number of benzene rings is 1. The summed E-state index contributed by atoms with van der Waals surface area (Å²) in [4.78, 5) is 2.60. The third-order valence-electron chi connectivity index (χ3n) is 4.90. The Balaban J connectivity index is 0.00000147. The number of nitrogens with zero attached hydrogens (tertiary/aromatic N) is 2. The third kappa shape index (κ3) is 3.21. The van der Waals surface area contributed by atoms with Crippen LogP contribution in [0.25, 0.3) is 0 Å². The van der Waals surface area contributed by atoms with Gasteiger partial charge in [-0.05, 0) is 37.1 Å². The highest BCUT2D eigenvalue weighted by molar-refractivity contribution is 5.54. The average Bonchev–Trinajstić information content (AvgIpc) is 3.00. The van der Waals surface area contributed by atoms with E-state index in [0.29, 0.717) is 6.04 Å². The fraction of sp³-hybridized carbons (Fsp3) is 0.625. The minimum atomic E-state index is 0. The molecule has 1 aromatic carbocycles. The van der Waals surface area contributed by atoms with Gasteiger partial charge in [0, 0.05) is 30.8 Å². The molecule has 1 aromatic rings. The Morgan fingerprint density at radius 2 is 1.80 bits per heavy atom. The molecule has 0 aliphatic carbocycles. The summed E-state index contributed by atoms with van der Waals surface area (Å²) < 4.78 is 1.27. The highest BCUT2D eigenvalue weighted by atomic mass is 35.5. The van der Waals surface area contributed by atoms with Crippen LogP contribution in [0.4, 0.5) is 11.4 Å². The smallest absolute Gasteiger partial charge is 0.0991 e. The molecule has 20 heavy (non-hydrogen) atoms. The van der Waals surface area contributed by atoms with Crippen LogP contribution in [0.1, 0.15) is 25.7 Å². The Hall–Kier alpha value is -0.930. The van der Waals surface area contributed by atoms with Crippen molar-refractivity contribution in [3.63, 3.8) is 0 Å². The Labute approximate surface area is 128 Å². The number of nitrogens with two attached hydrogens (primary N) is 1. The number of likely N-dealkylation sites (N-methyl/N-ethyl adjacent to an activating group) is 1. The molecule has 0 amide bonds. The monoisotopic (exact) mass is 295 g/mol. The number of anilines is 2. The average molecular weight is 296 g/mol. The van der Waals surface area contributed by atoms with Crippen molar-refractivity contribution < 1.29 is 16.9 Å². The topological polar surface area (TPSA) is 29.3 Å². The van der Waals surface area contributed by atoms with E-state index in [2.05, 4.69) is 24.1 Å². The highest BCUT2D eigenvalue weighted by Gasteiger charge is 2.35. The van der Waals surface area contributed by atoms with Crippen LogP contribution in [-0.4, -0.2) is 43.8 Å². The Morgan fingerprint density at radius 1 is 1.15 bits per heavy atom. The standard InChI is InChI=1S/C16H26N3.ClH/c1-19(11-2-3-12-19)13-16-5-4-10-18(16)15-8-6-14(17)7-9-15;/h6-9,16H,2-5,10-13,17H2,1H3;1H/q+1;/p-1. The molecular weight excluding hydrogens is 270 g/mol. The number of hydrogen-bond donors (Lipinski definition) is 1. The van der Waals surface area contributed by atoms with Gasteiger partial charge in [0.15, 0.2) is 0 Å². The molecule has 0 aromatic heterocycles. The SMILES string of the molecule is C[N+]1(CC2CCCN2c2ccc(N)cc2)CCCC1.[Cl-]. The fourth-order valence-corrected chi connectivity index (χ4v) is 3.82. The number of halogens is 1. The molecule has 2 N–H and O–H groups in total. The maximum atomic E-state index is 5.79. The zero-order chi connectivity index (χ0) is 13.3. The molecule has 2 heterocycles. The molecule has 3 nitrogen and oxygen atoms in total. The molecule has 2 saturated heterocycles. The van der Waals surface area contributed by atoms with Gasteiger partial charge in [0.1, 0.15) is 0 Å². The van der Waals surface area contributed by atoms with Crippen molar-refractivity contribution in [2.45, 2.75) is 31.7 Å². The molecule has 0 radical (unpaired) electrons. The third-order valence-corrected chi connectivity index (χ3v) is 4.90. The van der Waals surface area contributed by atoms with Crippen molar-refractivity contribution in [3.05, 3.63) is 24.3 Å². The summed E-state index contributed by atoms with van der Waals surface area (Å²) in [6, 6.07) is 9.12. The predicted octanol–water partition coefficient (Wildman–Crippen LogP) is -0.518. The minimum absolute atomic E-state index is 0. The molecule has 0 spiro atoms. The van der Waals surface area contributed by atoms with Crippen LogP contribution in [0.5, 0.6) is 0 Å². The molecule has 2 aliphatic heterocycles. The van der Waals surface area contributed by atoms with Gasteiger partial charge in [-0.15, -0.1) is 0 Å². The lowest BCUT2D eigenvalue weighted by Gasteiger charge is -2.36. The first-order valence-electron chi connectivity index (χ1n) is 7.62. The Bertz CT molecular complexity index is 426. The number of nitrogen functional groups attached to an aromatic ring is 1. The van der Waals surface area contributed by atoms with Crippen molar-refractivity contribution in [2.24, 2.45) is 0 Å². The summed E-state index contributed by atoms with van der Waals surface area (Å²) in [5, 5.41) is 0. The molecule has 3 rings (SSSR count). The first kappa shape index (κ1) is 15.5. The maximum absolute atomic E-state index is 5.79. The lowest BCUT2D eigenvalue weighted by atomic mass is 10.1. The molecule has 2 aliphatic rings. The Kier molecular flexibility index (Phi) is 4.82. The molecule has 1 unspecified atom stereocenters. The van der Waals surface area contributed by atoms with Gasteiger partial charge in [-0.1, -0.05) is 0 Å². The first-order chi connectivity index (χ1) is 9.16. The summed E-state index contributed by atoms with van der Waals surface area (Å²) in [6.07, 6.45) is 5.49. The van der Waals surface area contributed by atoms with Gasteiger partial charge >= 0.3 is 0 Å². The van der Waals surface area contributed by atoms with Gasteiger partial charge in [-0.25, -0.2) is 0 Å². The van der Waals surface area contributed by atoms with Crippen LogP contribution in [0, 0.1) is 0 Å². The van der Waals surface area contributed by atoms with E-state index in [-0.39, 0.29) is 12.4 Å². The fourth-order valence-electron chi connectivity index (χ4n) is 3.82. The van der Waals surface area contributed by atoms with Gasteiger partial charge in [0.05, 0.1) is 32.7 Å². The number of hydrogen-bond acceptors (Lipinski definition) is 2. The molecule has 112 valence electrons. The second-order valence-corrected chi connectivity index (χ2v) is 6.54. The van der Waals surface area contributed by atoms with E-state index >= 15 is 0 Å². The van der Waals surface area contributed by atoms with Gasteiger partial charge < -0.3 is 27.5 Å². The molecular formula is C16H26ClN3. The molecule has 0 saturated carbocycles. The normalized spacial score (nSPS) is 24.6. The van der Waals surface area contributed by atoms with Gasteiger partial charge in [-0.3, -0.25) is 0 Å².